The summed E-state index contributed by atoms with van der Waals surface area (Å²) in [5, 5.41) is 11.6. The summed E-state index contributed by atoms with van der Waals surface area (Å²) >= 11 is 0. The maximum absolute atomic E-state index is 11.6. The van der Waals surface area contributed by atoms with E-state index >= 15 is 0 Å². The summed E-state index contributed by atoms with van der Waals surface area (Å²) in [6.45, 7) is 3.37. The number of rotatable bonds is 6. The van der Waals surface area contributed by atoms with Gasteiger partial charge in [0.05, 0.1) is 12.6 Å². The first-order valence-corrected chi connectivity index (χ1v) is 6.20. The average Bonchev–Trinajstić information content (AvgIpc) is 2.34. The fraction of sp³-hybridized carbons (Fsp3) is 0.583. The van der Waals surface area contributed by atoms with Crippen molar-refractivity contribution in [3.05, 3.63) is 32.1 Å². The highest BCUT2D eigenvalue weighted by Gasteiger charge is 2.12. The normalized spacial score (nSPS) is 12.2. The van der Waals surface area contributed by atoms with Crippen LogP contribution < -0.4 is 16.6 Å². The van der Waals surface area contributed by atoms with Gasteiger partial charge in [-0.2, -0.15) is 0 Å². The Bertz CT molecular complexity index is 543. The van der Waals surface area contributed by atoms with Gasteiger partial charge in [-0.15, -0.1) is 0 Å². The highest BCUT2D eigenvalue weighted by Crippen LogP contribution is 2.00. The van der Waals surface area contributed by atoms with Crippen molar-refractivity contribution in [2.45, 2.75) is 39.2 Å². The number of aliphatic hydroxyl groups is 1. The molecule has 4 N–H and O–H groups in total. The summed E-state index contributed by atoms with van der Waals surface area (Å²) in [6.07, 6.45) is 1.01. The molecule has 1 aromatic rings. The SMILES string of the molecule is CC[C@H](CO)NC(=O)CCc1c(C)[nH]c(=O)[nH]c1=O. The van der Waals surface area contributed by atoms with Gasteiger partial charge in [0.1, 0.15) is 0 Å². The lowest BCUT2D eigenvalue weighted by Crippen LogP contribution is -2.37. The molecule has 1 rings (SSSR count). The van der Waals surface area contributed by atoms with Crippen LogP contribution in [0.3, 0.4) is 0 Å². The summed E-state index contributed by atoms with van der Waals surface area (Å²) in [7, 11) is 0. The zero-order valence-electron chi connectivity index (χ0n) is 11.1. The number of H-pyrrole nitrogens is 2. The van der Waals surface area contributed by atoms with Crippen molar-refractivity contribution in [2.24, 2.45) is 0 Å². The number of carbonyl (C=O) groups is 1. The zero-order chi connectivity index (χ0) is 14.4. The van der Waals surface area contributed by atoms with E-state index in [4.69, 9.17) is 5.11 Å². The fourth-order valence-electron chi connectivity index (χ4n) is 1.74. The summed E-state index contributed by atoms with van der Waals surface area (Å²) in [5.74, 6) is -0.231. The summed E-state index contributed by atoms with van der Waals surface area (Å²) in [6, 6.07) is -0.262. The maximum atomic E-state index is 11.6. The van der Waals surface area contributed by atoms with Crippen molar-refractivity contribution < 1.29 is 9.90 Å². The third-order valence-corrected chi connectivity index (χ3v) is 2.94. The lowest BCUT2D eigenvalue weighted by Gasteiger charge is -2.13. The minimum absolute atomic E-state index is 0.111. The van der Waals surface area contributed by atoms with Gasteiger partial charge in [-0.3, -0.25) is 14.6 Å². The van der Waals surface area contributed by atoms with E-state index in [1.165, 1.54) is 0 Å². The molecule has 1 atom stereocenters. The predicted molar refractivity (Wildman–Crippen MR) is 70.0 cm³/mol. The Morgan fingerprint density at radius 3 is 2.58 bits per heavy atom. The van der Waals surface area contributed by atoms with Gasteiger partial charge in [-0.25, -0.2) is 4.79 Å². The molecule has 0 saturated heterocycles. The Morgan fingerprint density at radius 2 is 2.05 bits per heavy atom. The Labute approximate surface area is 110 Å². The Kier molecular flexibility index (Phi) is 5.50. The molecule has 0 aromatic carbocycles. The average molecular weight is 269 g/mol. The van der Waals surface area contributed by atoms with E-state index in [1.54, 1.807) is 6.92 Å². The molecule has 0 aliphatic heterocycles. The molecule has 0 bridgehead atoms. The number of hydrogen-bond acceptors (Lipinski definition) is 4. The molecular formula is C12H19N3O4. The van der Waals surface area contributed by atoms with E-state index in [2.05, 4.69) is 15.3 Å². The Morgan fingerprint density at radius 1 is 1.37 bits per heavy atom. The molecule has 0 spiro atoms. The van der Waals surface area contributed by atoms with Crippen LogP contribution in [0.1, 0.15) is 31.0 Å². The predicted octanol–water partition coefficient (Wildman–Crippen LogP) is -0.809. The van der Waals surface area contributed by atoms with Gasteiger partial charge in [0.15, 0.2) is 0 Å². The summed E-state index contributed by atoms with van der Waals surface area (Å²) in [4.78, 5) is 38.8. The second-order valence-electron chi connectivity index (χ2n) is 4.37. The van der Waals surface area contributed by atoms with Crippen LogP contribution in [-0.4, -0.2) is 33.6 Å². The first-order chi connectivity index (χ1) is 8.97. The smallest absolute Gasteiger partial charge is 0.325 e. The standard InChI is InChI=1S/C12H19N3O4/c1-3-8(6-16)14-10(17)5-4-9-7(2)13-12(19)15-11(9)18/h8,16H,3-6H2,1-2H3,(H,14,17)(H2,13,15,18,19)/t8-/m1/s1. The quantitative estimate of drug-likeness (QED) is 0.540. The number of aliphatic hydroxyl groups excluding tert-OH is 1. The van der Waals surface area contributed by atoms with E-state index in [0.717, 1.165) is 0 Å². The van der Waals surface area contributed by atoms with Crippen LogP contribution in [0.4, 0.5) is 0 Å². The van der Waals surface area contributed by atoms with Crippen LogP contribution in [0.2, 0.25) is 0 Å². The molecule has 0 aliphatic rings. The molecule has 1 heterocycles. The molecular weight excluding hydrogens is 250 g/mol. The van der Waals surface area contributed by atoms with Gasteiger partial charge in [0.2, 0.25) is 5.91 Å². The topological polar surface area (TPSA) is 115 Å². The molecule has 0 unspecified atom stereocenters. The van der Waals surface area contributed by atoms with Crippen LogP contribution >= 0.6 is 0 Å². The lowest BCUT2D eigenvalue weighted by atomic mass is 10.1. The first-order valence-electron chi connectivity index (χ1n) is 6.20. The van der Waals surface area contributed by atoms with Crippen LogP contribution in [0, 0.1) is 6.92 Å². The highest BCUT2D eigenvalue weighted by molar-refractivity contribution is 5.76. The molecule has 0 fully saturated rings. The number of amides is 1. The molecule has 0 saturated carbocycles. The van der Waals surface area contributed by atoms with E-state index in [9.17, 15) is 14.4 Å². The van der Waals surface area contributed by atoms with Crippen LogP contribution in [0.15, 0.2) is 9.59 Å². The van der Waals surface area contributed by atoms with Crippen molar-refractivity contribution >= 4 is 5.91 Å². The van der Waals surface area contributed by atoms with Crippen molar-refractivity contribution in [2.75, 3.05) is 6.61 Å². The summed E-state index contributed by atoms with van der Waals surface area (Å²) in [5.41, 5.74) is -0.159. The van der Waals surface area contributed by atoms with Crippen LogP contribution in [0.25, 0.3) is 0 Å². The summed E-state index contributed by atoms with van der Waals surface area (Å²) < 4.78 is 0. The Hall–Kier alpha value is -1.89. The molecule has 1 aromatic heterocycles. The maximum Gasteiger partial charge on any atom is 0.325 e. The lowest BCUT2D eigenvalue weighted by molar-refractivity contribution is -0.122. The van der Waals surface area contributed by atoms with Gasteiger partial charge in [0.25, 0.3) is 5.56 Å². The zero-order valence-corrected chi connectivity index (χ0v) is 11.1. The molecule has 7 heteroatoms. The van der Waals surface area contributed by atoms with E-state index < -0.39 is 11.2 Å². The number of aromatic amines is 2. The number of carbonyl (C=O) groups excluding carboxylic acids is 1. The van der Waals surface area contributed by atoms with Gasteiger partial charge < -0.3 is 15.4 Å². The second kappa shape index (κ2) is 6.89. The van der Waals surface area contributed by atoms with E-state index in [1.807, 2.05) is 6.92 Å². The second-order valence-corrected chi connectivity index (χ2v) is 4.37. The van der Waals surface area contributed by atoms with Gasteiger partial charge in [0, 0.05) is 17.7 Å². The van der Waals surface area contributed by atoms with Crippen molar-refractivity contribution in [3.8, 4) is 0 Å². The van der Waals surface area contributed by atoms with Gasteiger partial charge in [-0.05, 0) is 19.8 Å². The van der Waals surface area contributed by atoms with Crippen molar-refractivity contribution in [1.29, 1.82) is 0 Å². The molecule has 0 radical (unpaired) electrons. The number of aromatic nitrogens is 2. The number of nitrogens with one attached hydrogen (secondary N) is 3. The van der Waals surface area contributed by atoms with Gasteiger partial charge >= 0.3 is 5.69 Å². The molecule has 1 amide bonds. The molecule has 7 nitrogen and oxygen atoms in total. The third-order valence-electron chi connectivity index (χ3n) is 2.94. The largest absolute Gasteiger partial charge is 0.394 e. The van der Waals surface area contributed by atoms with Gasteiger partial charge in [-0.1, -0.05) is 6.92 Å². The highest BCUT2D eigenvalue weighted by atomic mass is 16.3. The first kappa shape index (κ1) is 15.2. The number of aryl methyl sites for hydroxylation is 1. The van der Waals surface area contributed by atoms with E-state index in [-0.39, 0.29) is 31.4 Å². The van der Waals surface area contributed by atoms with Crippen molar-refractivity contribution in [1.82, 2.24) is 15.3 Å². The third kappa shape index (κ3) is 4.36. The monoisotopic (exact) mass is 269 g/mol. The Balaban J connectivity index is 2.65. The minimum Gasteiger partial charge on any atom is -0.394 e. The van der Waals surface area contributed by atoms with E-state index in [0.29, 0.717) is 17.7 Å². The minimum atomic E-state index is -0.554. The van der Waals surface area contributed by atoms with Crippen molar-refractivity contribution in [3.63, 3.8) is 0 Å². The van der Waals surface area contributed by atoms with Crippen LogP contribution in [-0.2, 0) is 11.2 Å². The van der Waals surface area contributed by atoms with Crippen LogP contribution in [0.5, 0.6) is 0 Å². The molecule has 106 valence electrons. The fourth-order valence-corrected chi connectivity index (χ4v) is 1.74. The molecule has 19 heavy (non-hydrogen) atoms. The number of hydrogen-bond donors (Lipinski definition) is 4. The molecule has 0 aliphatic carbocycles.